The highest BCUT2D eigenvalue weighted by atomic mass is 15.1. The zero-order valence-corrected chi connectivity index (χ0v) is 41.7. The number of nitrogens with zero attached hydrogens (tertiary/aromatic N) is 2. The van der Waals surface area contributed by atoms with E-state index in [1.165, 1.54) is 77.2 Å². The predicted molar refractivity (Wildman–Crippen MR) is 310 cm³/mol. The Morgan fingerprint density at radius 3 is 0.903 bits per heavy atom. The summed E-state index contributed by atoms with van der Waals surface area (Å²) in [6, 6.07) is 94.0. The third-order valence-electron chi connectivity index (χ3n) is 13.8. The second kappa shape index (κ2) is 20.5. The molecule has 2 nitrogen and oxygen atoms in total. The highest BCUT2D eigenvalue weighted by Gasteiger charge is 2.23. The van der Waals surface area contributed by atoms with E-state index in [9.17, 15) is 0 Å². The summed E-state index contributed by atoms with van der Waals surface area (Å²) >= 11 is 0. The Hall–Kier alpha value is -8.46. The van der Waals surface area contributed by atoms with Crippen LogP contribution in [0.4, 0.5) is 34.1 Å². The number of fused-ring (bicyclic) bond motifs is 2. The maximum absolute atomic E-state index is 2.44. The van der Waals surface area contributed by atoms with Crippen molar-refractivity contribution < 1.29 is 0 Å². The quantitative estimate of drug-likeness (QED) is 0.100. The van der Waals surface area contributed by atoms with E-state index >= 15 is 0 Å². The molecule has 350 valence electrons. The van der Waals surface area contributed by atoms with Gasteiger partial charge in [-0.05, 0) is 175 Å². The lowest BCUT2D eigenvalue weighted by molar-refractivity contribution is 0.647. The molecule has 0 atom stereocenters. The predicted octanol–water partition coefficient (Wildman–Crippen LogP) is 20.0. The highest BCUT2D eigenvalue weighted by Crippen LogP contribution is 2.49. The molecule has 0 unspecified atom stereocenters. The topological polar surface area (TPSA) is 6.48 Å². The Morgan fingerprint density at radius 1 is 0.250 bits per heavy atom. The molecular formula is C70H60N2. The monoisotopic (exact) mass is 928 g/mol. The summed E-state index contributed by atoms with van der Waals surface area (Å²) in [5, 5.41) is 4.81. The van der Waals surface area contributed by atoms with Gasteiger partial charge < -0.3 is 9.80 Å². The van der Waals surface area contributed by atoms with E-state index in [1.807, 2.05) is 0 Å². The van der Waals surface area contributed by atoms with Crippen LogP contribution in [0.1, 0.15) is 38.8 Å². The second-order valence-corrected chi connectivity index (χ2v) is 20.0. The smallest absolute Gasteiger partial charge is 0.0468 e. The molecule has 0 spiro atoms. The first kappa shape index (κ1) is 46.0. The lowest BCUT2D eigenvalue weighted by Gasteiger charge is -2.29. The number of hydrogen-bond donors (Lipinski definition) is 0. The van der Waals surface area contributed by atoms with Crippen LogP contribution in [0.25, 0.3) is 66.1 Å². The van der Waals surface area contributed by atoms with Crippen molar-refractivity contribution >= 4 is 55.7 Å². The summed E-state index contributed by atoms with van der Waals surface area (Å²) in [5.74, 6) is 1.15. The SMILES string of the molecule is CC(C)Cc1ccc(N(c2cccc(-c3ccccc3)c2)c2ccc3c(-c4ccccc4)c4cc(N(c5ccc(CC(C)C)cc5)c5cccc(-c6ccccc6)c5)ccc4c(-c4ccccc4)c3c2)cc1. The van der Waals surface area contributed by atoms with Crippen LogP contribution in [0.3, 0.4) is 0 Å². The Labute approximate surface area is 426 Å². The van der Waals surface area contributed by atoms with Gasteiger partial charge in [-0.25, -0.2) is 0 Å². The molecule has 0 heterocycles. The first-order chi connectivity index (χ1) is 35.3. The average molecular weight is 929 g/mol. The summed E-state index contributed by atoms with van der Waals surface area (Å²) in [7, 11) is 0. The van der Waals surface area contributed by atoms with Crippen LogP contribution < -0.4 is 9.80 Å². The van der Waals surface area contributed by atoms with Gasteiger partial charge in [-0.15, -0.1) is 0 Å². The van der Waals surface area contributed by atoms with Gasteiger partial charge >= 0.3 is 0 Å². The van der Waals surface area contributed by atoms with Crippen LogP contribution in [0.2, 0.25) is 0 Å². The number of benzene rings is 11. The summed E-state index contributed by atoms with van der Waals surface area (Å²) in [4.78, 5) is 4.87. The summed E-state index contributed by atoms with van der Waals surface area (Å²) in [6.07, 6.45) is 2.08. The maximum Gasteiger partial charge on any atom is 0.0468 e. The molecule has 11 aromatic carbocycles. The Morgan fingerprint density at radius 2 is 0.556 bits per heavy atom. The first-order valence-corrected chi connectivity index (χ1v) is 25.6. The zero-order chi connectivity index (χ0) is 49.0. The molecule has 0 amide bonds. The van der Waals surface area contributed by atoms with Crippen LogP contribution >= 0.6 is 0 Å². The van der Waals surface area contributed by atoms with E-state index in [1.54, 1.807) is 0 Å². The molecule has 0 N–H and O–H groups in total. The molecule has 0 aliphatic rings. The minimum Gasteiger partial charge on any atom is -0.310 e. The first-order valence-electron chi connectivity index (χ1n) is 25.6. The van der Waals surface area contributed by atoms with Crippen molar-refractivity contribution in [2.24, 2.45) is 11.8 Å². The van der Waals surface area contributed by atoms with Gasteiger partial charge in [0.05, 0.1) is 0 Å². The molecule has 0 saturated carbocycles. The Bertz CT molecular complexity index is 3360. The van der Waals surface area contributed by atoms with E-state index in [0.29, 0.717) is 11.8 Å². The molecule has 0 fully saturated rings. The van der Waals surface area contributed by atoms with E-state index in [2.05, 4.69) is 292 Å². The van der Waals surface area contributed by atoms with Gasteiger partial charge in [0.25, 0.3) is 0 Å². The molecule has 72 heavy (non-hydrogen) atoms. The van der Waals surface area contributed by atoms with E-state index < -0.39 is 0 Å². The van der Waals surface area contributed by atoms with Gasteiger partial charge in [-0.1, -0.05) is 210 Å². The van der Waals surface area contributed by atoms with Gasteiger partial charge in [0.15, 0.2) is 0 Å². The van der Waals surface area contributed by atoms with Crippen molar-refractivity contribution in [1.82, 2.24) is 0 Å². The highest BCUT2D eigenvalue weighted by molar-refractivity contribution is 6.22. The van der Waals surface area contributed by atoms with Gasteiger partial charge in [-0.3, -0.25) is 0 Å². The van der Waals surface area contributed by atoms with Crippen molar-refractivity contribution in [2.75, 3.05) is 9.80 Å². The standard InChI is InChI=1S/C70H60N2/c1-49(2)43-51-31-35-59(36-32-51)71(61-29-17-27-57(45-61)53-19-9-5-10-20-53)63-39-41-65-67(47-63)69(55-23-13-7-14-24-55)66-42-40-64(48-68(66)70(65)56-25-15-8-16-26-56)72(60-37-33-52(34-38-60)44-50(3)4)62-30-18-28-58(46-62)54-21-11-6-12-22-54/h5-42,45-50H,43-44H2,1-4H3. The van der Waals surface area contributed by atoms with Crippen LogP contribution in [-0.4, -0.2) is 0 Å². The van der Waals surface area contributed by atoms with Crippen molar-refractivity contribution in [1.29, 1.82) is 0 Å². The van der Waals surface area contributed by atoms with Gasteiger partial charge in [-0.2, -0.15) is 0 Å². The Balaban J connectivity index is 1.16. The molecule has 0 bridgehead atoms. The third kappa shape index (κ3) is 9.57. The molecule has 0 aliphatic heterocycles. The lowest BCUT2D eigenvalue weighted by atomic mass is 9.85. The molecule has 0 aromatic heterocycles. The van der Waals surface area contributed by atoms with Gasteiger partial charge in [0.1, 0.15) is 0 Å². The average Bonchev–Trinajstić information content (AvgIpc) is 3.42. The van der Waals surface area contributed by atoms with Crippen LogP contribution in [-0.2, 0) is 12.8 Å². The van der Waals surface area contributed by atoms with Crippen molar-refractivity contribution in [3.05, 3.63) is 266 Å². The van der Waals surface area contributed by atoms with Crippen molar-refractivity contribution in [2.45, 2.75) is 40.5 Å². The van der Waals surface area contributed by atoms with Crippen LogP contribution in [0.5, 0.6) is 0 Å². The summed E-state index contributed by atoms with van der Waals surface area (Å²) in [5.41, 5.74) is 18.9. The summed E-state index contributed by atoms with van der Waals surface area (Å²) in [6.45, 7) is 9.15. The fourth-order valence-electron chi connectivity index (χ4n) is 10.6. The number of hydrogen-bond acceptors (Lipinski definition) is 2. The fraction of sp³-hybridized carbons (Fsp3) is 0.114. The third-order valence-corrected chi connectivity index (χ3v) is 13.8. The van der Waals surface area contributed by atoms with E-state index in [-0.39, 0.29) is 0 Å². The largest absolute Gasteiger partial charge is 0.310 e. The van der Waals surface area contributed by atoms with Crippen LogP contribution in [0, 0.1) is 11.8 Å². The van der Waals surface area contributed by atoms with Crippen LogP contribution in [0.15, 0.2) is 255 Å². The fourth-order valence-corrected chi connectivity index (χ4v) is 10.6. The minimum atomic E-state index is 0.575. The lowest BCUT2D eigenvalue weighted by Crippen LogP contribution is -2.11. The Kier molecular flexibility index (Phi) is 13.1. The molecule has 11 rings (SSSR count). The second-order valence-electron chi connectivity index (χ2n) is 20.0. The van der Waals surface area contributed by atoms with Crippen molar-refractivity contribution in [3.63, 3.8) is 0 Å². The van der Waals surface area contributed by atoms with Gasteiger partial charge in [0.2, 0.25) is 0 Å². The van der Waals surface area contributed by atoms with E-state index in [4.69, 9.17) is 0 Å². The molecule has 11 aromatic rings. The molecule has 0 saturated heterocycles. The zero-order valence-electron chi connectivity index (χ0n) is 41.7. The van der Waals surface area contributed by atoms with E-state index in [0.717, 1.165) is 47.0 Å². The molecular weight excluding hydrogens is 869 g/mol. The number of anilines is 6. The molecule has 0 aliphatic carbocycles. The molecule has 2 heteroatoms. The normalized spacial score (nSPS) is 11.4. The summed E-state index contributed by atoms with van der Waals surface area (Å²) < 4.78 is 0. The van der Waals surface area contributed by atoms with Gasteiger partial charge in [0, 0.05) is 34.1 Å². The number of rotatable bonds is 14. The maximum atomic E-state index is 2.44. The van der Waals surface area contributed by atoms with Crippen molar-refractivity contribution in [3.8, 4) is 44.5 Å². The molecule has 0 radical (unpaired) electrons. The minimum absolute atomic E-state index is 0.575.